The van der Waals surface area contributed by atoms with E-state index in [2.05, 4.69) is 19.4 Å². The van der Waals surface area contributed by atoms with Gasteiger partial charge in [-0.2, -0.15) is 18.2 Å². The Bertz CT molecular complexity index is 1960. The lowest BCUT2D eigenvalue weighted by Crippen LogP contribution is -2.19. The predicted molar refractivity (Wildman–Crippen MR) is 142 cm³/mol. The number of anilines is 1. The van der Waals surface area contributed by atoms with E-state index in [1.807, 2.05) is 0 Å². The van der Waals surface area contributed by atoms with Crippen LogP contribution in [0.3, 0.4) is 0 Å². The third-order valence-corrected chi connectivity index (χ3v) is 7.51. The molecule has 0 saturated heterocycles. The number of hydrogen-bond acceptors (Lipinski definition) is 8. The van der Waals surface area contributed by atoms with Gasteiger partial charge < -0.3 is 14.0 Å². The van der Waals surface area contributed by atoms with Gasteiger partial charge in [-0.05, 0) is 48.0 Å². The van der Waals surface area contributed by atoms with Gasteiger partial charge in [-0.15, -0.1) is 0 Å². The molecule has 3 aromatic heterocycles. The Labute approximate surface area is 239 Å². The molecule has 1 N–H and O–H groups in total. The van der Waals surface area contributed by atoms with Crippen molar-refractivity contribution in [2.75, 3.05) is 11.8 Å². The van der Waals surface area contributed by atoms with Gasteiger partial charge in [0, 0.05) is 17.5 Å². The van der Waals surface area contributed by atoms with Crippen molar-refractivity contribution in [1.29, 1.82) is 0 Å². The van der Waals surface area contributed by atoms with Crippen molar-refractivity contribution in [3.05, 3.63) is 99.2 Å². The van der Waals surface area contributed by atoms with E-state index in [0.717, 1.165) is 6.07 Å². The van der Waals surface area contributed by atoms with E-state index >= 15 is 0 Å². The summed E-state index contributed by atoms with van der Waals surface area (Å²) in [6, 6.07) is 11.7. The van der Waals surface area contributed by atoms with Crippen molar-refractivity contribution in [1.82, 2.24) is 14.7 Å². The number of aromatic nitrogens is 3. The van der Waals surface area contributed by atoms with Crippen LogP contribution < -0.4 is 19.8 Å². The Balaban J connectivity index is 1.49. The topological polar surface area (TPSA) is 126 Å². The summed E-state index contributed by atoms with van der Waals surface area (Å²) in [6.45, 7) is -0.438. The lowest BCUT2D eigenvalue weighted by atomic mass is 10.1. The minimum atomic E-state index is -4.90. The molecule has 0 aliphatic rings. The molecule has 3 heterocycles. The Morgan fingerprint density at radius 3 is 2.52 bits per heavy atom. The van der Waals surface area contributed by atoms with Crippen molar-refractivity contribution in [3.8, 4) is 17.4 Å². The SMILES string of the molecule is COc1nc(OCc2ccc(F)c(C(F)(F)F)c2)c(Cl)cc1-n1c(=O)ccc2cc(S(=O)(=O)Nc3ccon3)ccc21. The van der Waals surface area contributed by atoms with E-state index in [-0.39, 0.29) is 44.3 Å². The first-order valence-electron chi connectivity index (χ1n) is 11.7. The molecule has 0 aliphatic heterocycles. The van der Waals surface area contributed by atoms with Crippen molar-refractivity contribution < 1.29 is 40.0 Å². The second-order valence-electron chi connectivity index (χ2n) is 8.62. The number of benzene rings is 2. The second kappa shape index (κ2) is 11.0. The standard InChI is InChI=1S/C26H17ClF4N4O6S/c1-39-25-21(12-18(27)24(32-25)40-13-14-2-5-19(28)17(10-14)26(29,30)31)35-20-6-4-16(11-15(20)3-7-23(35)36)42(37,38)34-22-8-9-41-33-22/h2-12H,13H2,1H3,(H,33,34). The van der Waals surface area contributed by atoms with Gasteiger partial charge in [0.1, 0.15) is 29.4 Å². The van der Waals surface area contributed by atoms with Crippen molar-refractivity contribution in [2.45, 2.75) is 17.7 Å². The lowest BCUT2D eigenvalue weighted by molar-refractivity contribution is -0.140. The monoisotopic (exact) mass is 624 g/mol. The van der Waals surface area contributed by atoms with Crippen LogP contribution >= 0.6 is 11.6 Å². The highest BCUT2D eigenvalue weighted by molar-refractivity contribution is 7.92. The first-order valence-corrected chi connectivity index (χ1v) is 13.6. The zero-order chi connectivity index (χ0) is 30.2. The molecular formula is C26H17ClF4N4O6S. The number of methoxy groups -OCH3 is 1. The van der Waals surface area contributed by atoms with E-state index < -0.39 is 39.7 Å². The Morgan fingerprint density at radius 2 is 1.83 bits per heavy atom. The number of nitrogens with zero attached hydrogens (tertiary/aromatic N) is 3. The summed E-state index contributed by atoms with van der Waals surface area (Å²) in [7, 11) is -2.79. The third kappa shape index (κ3) is 5.73. The molecule has 218 valence electrons. The number of sulfonamides is 1. The zero-order valence-corrected chi connectivity index (χ0v) is 22.7. The fourth-order valence-corrected chi connectivity index (χ4v) is 5.22. The number of fused-ring (bicyclic) bond motifs is 1. The number of halogens is 5. The molecule has 0 unspecified atom stereocenters. The van der Waals surface area contributed by atoms with Crippen LogP contribution in [-0.2, 0) is 22.8 Å². The van der Waals surface area contributed by atoms with E-state index in [9.17, 15) is 30.8 Å². The van der Waals surface area contributed by atoms with Crippen LogP contribution in [0, 0.1) is 5.82 Å². The molecule has 10 nitrogen and oxygen atoms in total. The number of pyridine rings is 2. The van der Waals surface area contributed by atoms with Crippen LogP contribution in [0.4, 0.5) is 23.4 Å². The summed E-state index contributed by atoms with van der Waals surface area (Å²) >= 11 is 6.36. The molecule has 0 amide bonds. The molecule has 0 spiro atoms. The molecular weight excluding hydrogens is 608 g/mol. The maximum atomic E-state index is 13.6. The average molecular weight is 625 g/mol. The lowest BCUT2D eigenvalue weighted by Gasteiger charge is -2.16. The molecule has 0 radical (unpaired) electrons. The number of ether oxygens (including phenoxy) is 2. The van der Waals surface area contributed by atoms with E-state index in [4.69, 9.17) is 21.1 Å². The highest BCUT2D eigenvalue weighted by atomic mass is 35.5. The molecule has 0 aliphatic carbocycles. The van der Waals surface area contributed by atoms with Crippen molar-refractivity contribution >= 4 is 38.3 Å². The van der Waals surface area contributed by atoms with Crippen LogP contribution in [0.15, 0.2) is 81.1 Å². The Morgan fingerprint density at radius 1 is 1.05 bits per heavy atom. The first-order chi connectivity index (χ1) is 19.9. The summed E-state index contributed by atoms with van der Waals surface area (Å²) in [5.74, 6) is -1.81. The van der Waals surface area contributed by atoms with E-state index in [0.29, 0.717) is 17.5 Å². The smallest absolute Gasteiger partial charge is 0.419 e. The van der Waals surface area contributed by atoms with Crippen LogP contribution in [0.1, 0.15) is 11.1 Å². The molecule has 16 heteroatoms. The summed E-state index contributed by atoms with van der Waals surface area (Å²) in [5, 5.41) is 3.76. The molecule has 0 fully saturated rings. The van der Waals surface area contributed by atoms with Gasteiger partial charge in [0.15, 0.2) is 5.82 Å². The largest absolute Gasteiger partial charge is 0.479 e. The highest BCUT2D eigenvalue weighted by Crippen LogP contribution is 2.35. The van der Waals surface area contributed by atoms with Crippen molar-refractivity contribution in [2.24, 2.45) is 0 Å². The Hall–Kier alpha value is -4.63. The van der Waals surface area contributed by atoms with Gasteiger partial charge in [0.2, 0.25) is 11.8 Å². The number of nitrogens with one attached hydrogen (secondary N) is 1. The maximum Gasteiger partial charge on any atom is 0.419 e. The van der Waals surface area contributed by atoms with Crippen LogP contribution in [0.5, 0.6) is 11.8 Å². The molecule has 0 bridgehead atoms. The van der Waals surface area contributed by atoms with Gasteiger partial charge >= 0.3 is 6.18 Å². The molecule has 0 saturated carbocycles. The minimum absolute atomic E-state index is 0.00120. The second-order valence-corrected chi connectivity index (χ2v) is 10.7. The Kier molecular flexibility index (Phi) is 7.55. The van der Waals surface area contributed by atoms with E-state index in [1.165, 1.54) is 60.4 Å². The normalized spacial score (nSPS) is 12.0. The summed E-state index contributed by atoms with van der Waals surface area (Å²) in [4.78, 5) is 17.0. The van der Waals surface area contributed by atoms with Gasteiger partial charge in [-0.3, -0.25) is 14.1 Å². The maximum absolute atomic E-state index is 13.6. The fourth-order valence-electron chi connectivity index (χ4n) is 3.99. The molecule has 5 rings (SSSR count). The molecule has 42 heavy (non-hydrogen) atoms. The van der Waals surface area contributed by atoms with E-state index in [1.54, 1.807) is 0 Å². The zero-order valence-electron chi connectivity index (χ0n) is 21.1. The van der Waals surface area contributed by atoms with Gasteiger partial charge in [-0.1, -0.05) is 22.8 Å². The molecule has 2 aromatic carbocycles. The van der Waals surface area contributed by atoms with Crippen LogP contribution in [0.2, 0.25) is 5.02 Å². The van der Waals surface area contributed by atoms with Gasteiger partial charge in [0.25, 0.3) is 15.6 Å². The fraction of sp³-hybridized carbons (Fsp3) is 0.115. The third-order valence-electron chi connectivity index (χ3n) is 5.89. The molecule has 0 atom stereocenters. The van der Waals surface area contributed by atoms with Crippen molar-refractivity contribution in [3.63, 3.8) is 0 Å². The van der Waals surface area contributed by atoms with Crippen LogP contribution in [-0.4, -0.2) is 30.2 Å². The average Bonchev–Trinajstić information content (AvgIpc) is 3.44. The van der Waals surface area contributed by atoms with Crippen LogP contribution in [0.25, 0.3) is 16.6 Å². The first kappa shape index (κ1) is 28.9. The number of hydrogen-bond donors (Lipinski definition) is 1. The summed E-state index contributed by atoms with van der Waals surface area (Å²) in [5.41, 5.74) is -1.63. The summed E-state index contributed by atoms with van der Waals surface area (Å²) in [6.07, 6.45) is -3.70. The summed E-state index contributed by atoms with van der Waals surface area (Å²) < 4.78 is 97.3. The van der Waals surface area contributed by atoms with Gasteiger partial charge in [0.05, 0.1) is 23.1 Å². The number of rotatable bonds is 8. The molecule has 5 aromatic rings. The highest BCUT2D eigenvalue weighted by Gasteiger charge is 2.34. The van der Waals surface area contributed by atoms with Gasteiger partial charge in [-0.25, -0.2) is 12.8 Å². The predicted octanol–water partition coefficient (Wildman–Crippen LogP) is 5.57. The quantitative estimate of drug-likeness (QED) is 0.222. The number of alkyl halides is 3. The minimum Gasteiger partial charge on any atom is -0.479 e.